The molecule has 0 atom stereocenters. The zero-order valence-corrected chi connectivity index (χ0v) is 10.9. The molecular weight excluding hydrogens is 244 g/mol. The van der Waals surface area contributed by atoms with Gasteiger partial charge in [0.25, 0.3) is 5.91 Å². The molecule has 0 saturated heterocycles. The van der Waals surface area contributed by atoms with Gasteiger partial charge in [-0.2, -0.15) is 5.10 Å². The fourth-order valence-corrected chi connectivity index (χ4v) is 1.73. The van der Waals surface area contributed by atoms with Gasteiger partial charge in [0.2, 0.25) is 0 Å². The van der Waals surface area contributed by atoms with Crippen molar-refractivity contribution in [2.45, 2.75) is 20.6 Å². The molecule has 3 N–H and O–H groups in total. The van der Waals surface area contributed by atoms with E-state index in [0.717, 1.165) is 11.3 Å². The number of rotatable bonds is 4. The Morgan fingerprint density at radius 3 is 2.89 bits per heavy atom. The molecule has 19 heavy (non-hydrogen) atoms. The number of aromatic nitrogens is 2. The van der Waals surface area contributed by atoms with E-state index < -0.39 is 5.91 Å². The van der Waals surface area contributed by atoms with Crippen LogP contribution in [0.2, 0.25) is 0 Å². The minimum Gasteiger partial charge on any atom is -0.471 e. The maximum atomic E-state index is 11.2. The molecule has 2 aromatic rings. The van der Waals surface area contributed by atoms with Crippen LogP contribution in [-0.2, 0) is 6.73 Å². The summed E-state index contributed by atoms with van der Waals surface area (Å²) in [4.78, 5) is 11.2. The van der Waals surface area contributed by atoms with Gasteiger partial charge in [-0.05, 0) is 31.5 Å². The summed E-state index contributed by atoms with van der Waals surface area (Å²) in [6, 6.07) is 7.53. The fraction of sp³-hybridized carbons (Fsp3) is 0.231. The molecule has 0 spiro atoms. The highest BCUT2D eigenvalue weighted by atomic mass is 16.5. The molecule has 0 fully saturated rings. The number of hydrogen-bond donors (Lipinski definition) is 2. The SMILES string of the molecule is Cc1ccc(OCn2ccc(C(=O)NN)n2)c(C)c1. The second-order valence-electron chi connectivity index (χ2n) is 4.26. The minimum absolute atomic E-state index is 0.238. The molecule has 0 aliphatic carbocycles. The van der Waals surface area contributed by atoms with Gasteiger partial charge in [-0.3, -0.25) is 10.2 Å². The van der Waals surface area contributed by atoms with Crippen molar-refractivity contribution in [3.8, 4) is 5.75 Å². The van der Waals surface area contributed by atoms with E-state index in [1.165, 1.54) is 10.2 Å². The van der Waals surface area contributed by atoms with Crippen LogP contribution in [0, 0.1) is 13.8 Å². The van der Waals surface area contributed by atoms with Crippen LogP contribution in [0.5, 0.6) is 5.75 Å². The number of ether oxygens (including phenoxy) is 1. The predicted molar refractivity (Wildman–Crippen MR) is 70.4 cm³/mol. The number of carbonyl (C=O) groups is 1. The number of nitrogens with zero attached hydrogens (tertiary/aromatic N) is 2. The van der Waals surface area contributed by atoms with Gasteiger partial charge in [0.05, 0.1) is 0 Å². The van der Waals surface area contributed by atoms with Crippen LogP contribution in [0.1, 0.15) is 21.6 Å². The Hall–Kier alpha value is -2.34. The standard InChI is InChI=1S/C13H16N4O2/c1-9-3-4-12(10(2)7-9)19-8-17-6-5-11(16-17)13(18)15-14/h3-7H,8,14H2,1-2H3,(H,15,18). The summed E-state index contributed by atoms with van der Waals surface area (Å²) in [6.45, 7) is 4.25. The first-order valence-corrected chi connectivity index (χ1v) is 5.84. The molecule has 1 heterocycles. The number of amides is 1. The van der Waals surface area contributed by atoms with Crippen molar-refractivity contribution in [2.75, 3.05) is 0 Å². The summed E-state index contributed by atoms with van der Waals surface area (Å²) >= 11 is 0. The molecule has 1 aromatic heterocycles. The first-order chi connectivity index (χ1) is 9.10. The van der Waals surface area contributed by atoms with Crippen LogP contribution < -0.4 is 16.0 Å². The van der Waals surface area contributed by atoms with E-state index in [-0.39, 0.29) is 12.4 Å². The summed E-state index contributed by atoms with van der Waals surface area (Å²) in [6.07, 6.45) is 1.66. The lowest BCUT2D eigenvalue weighted by atomic mass is 10.1. The van der Waals surface area contributed by atoms with Gasteiger partial charge >= 0.3 is 0 Å². The van der Waals surface area contributed by atoms with Crippen LogP contribution in [0.15, 0.2) is 30.5 Å². The van der Waals surface area contributed by atoms with Gasteiger partial charge in [-0.25, -0.2) is 10.5 Å². The summed E-state index contributed by atoms with van der Waals surface area (Å²) in [5.74, 6) is 5.40. The molecule has 6 nitrogen and oxygen atoms in total. The largest absolute Gasteiger partial charge is 0.471 e. The van der Waals surface area contributed by atoms with Crippen molar-refractivity contribution < 1.29 is 9.53 Å². The quantitative estimate of drug-likeness (QED) is 0.490. The maximum Gasteiger partial charge on any atom is 0.285 e. The molecule has 0 unspecified atom stereocenters. The lowest BCUT2D eigenvalue weighted by Crippen LogP contribution is -2.30. The molecule has 1 aromatic carbocycles. The Balaban J connectivity index is 2.02. The van der Waals surface area contributed by atoms with E-state index in [2.05, 4.69) is 5.10 Å². The van der Waals surface area contributed by atoms with Crippen LogP contribution in [0.25, 0.3) is 0 Å². The predicted octanol–water partition coefficient (Wildman–Crippen LogP) is 1.14. The number of aryl methyl sites for hydroxylation is 2. The molecule has 0 aliphatic rings. The van der Waals surface area contributed by atoms with Gasteiger partial charge < -0.3 is 4.74 Å². The topological polar surface area (TPSA) is 82.2 Å². The van der Waals surface area contributed by atoms with Crippen LogP contribution in [-0.4, -0.2) is 15.7 Å². The molecule has 0 saturated carbocycles. The maximum absolute atomic E-state index is 11.2. The smallest absolute Gasteiger partial charge is 0.285 e. The normalized spacial score (nSPS) is 10.3. The van der Waals surface area contributed by atoms with Crippen LogP contribution >= 0.6 is 0 Å². The molecule has 1 amide bonds. The van der Waals surface area contributed by atoms with Gasteiger partial charge in [-0.15, -0.1) is 0 Å². The lowest BCUT2D eigenvalue weighted by molar-refractivity contribution is 0.0946. The fourth-order valence-electron chi connectivity index (χ4n) is 1.73. The van der Waals surface area contributed by atoms with E-state index in [4.69, 9.17) is 10.6 Å². The number of nitrogens with one attached hydrogen (secondary N) is 1. The van der Waals surface area contributed by atoms with E-state index in [1.807, 2.05) is 37.5 Å². The number of benzene rings is 1. The van der Waals surface area contributed by atoms with Gasteiger partial charge in [0.1, 0.15) is 5.75 Å². The highest BCUT2D eigenvalue weighted by molar-refractivity contribution is 5.91. The van der Waals surface area contributed by atoms with Gasteiger partial charge in [0, 0.05) is 6.20 Å². The monoisotopic (exact) mass is 260 g/mol. The molecular formula is C13H16N4O2. The Labute approximate surface area is 111 Å². The average Bonchev–Trinajstić information content (AvgIpc) is 2.85. The Morgan fingerprint density at radius 2 is 2.21 bits per heavy atom. The van der Waals surface area contributed by atoms with Crippen molar-refractivity contribution in [2.24, 2.45) is 5.84 Å². The molecule has 0 radical (unpaired) electrons. The molecule has 2 rings (SSSR count). The number of hydrazine groups is 1. The average molecular weight is 260 g/mol. The third kappa shape index (κ3) is 3.11. The molecule has 100 valence electrons. The van der Waals surface area contributed by atoms with E-state index in [1.54, 1.807) is 12.3 Å². The summed E-state index contributed by atoms with van der Waals surface area (Å²) < 4.78 is 7.17. The Bertz CT molecular complexity index is 592. The third-order valence-electron chi connectivity index (χ3n) is 2.69. The lowest BCUT2D eigenvalue weighted by Gasteiger charge is -2.09. The number of hydrogen-bond acceptors (Lipinski definition) is 4. The van der Waals surface area contributed by atoms with Crippen molar-refractivity contribution >= 4 is 5.91 Å². The Morgan fingerprint density at radius 1 is 1.42 bits per heavy atom. The van der Waals surface area contributed by atoms with E-state index in [0.29, 0.717) is 0 Å². The van der Waals surface area contributed by atoms with E-state index in [9.17, 15) is 4.79 Å². The summed E-state index contributed by atoms with van der Waals surface area (Å²) in [5.41, 5.74) is 4.53. The zero-order valence-electron chi connectivity index (χ0n) is 10.9. The van der Waals surface area contributed by atoms with Crippen molar-refractivity contribution in [3.05, 3.63) is 47.3 Å². The van der Waals surface area contributed by atoms with E-state index >= 15 is 0 Å². The number of carbonyl (C=O) groups excluding carboxylic acids is 1. The van der Waals surface area contributed by atoms with Crippen LogP contribution in [0.3, 0.4) is 0 Å². The molecule has 0 bridgehead atoms. The second-order valence-corrected chi connectivity index (χ2v) is 4.26. The first-order valence-electron chi connectivity index (χ1n) is 5.84. The Kier molecular flexibility index (Phi) is 3.82. The molecule has 6 heteroatoms. The number of nitrogens with two attached hydrogens (primary N) is 1. The minimum atomic E-state index is -0.426. The summed E-state index contributed by atoms with van der Waals surface area (Å²) in [7, 11) is 0. The highest BCUT2D eigenvalue weighted by Gasteiger charge is 2.07. The van der Waals surface area contributed by atoms with Gasteiger partial charge in [0.15, 0.2) is 12.4 Å². The third-order valence-corrected chi connectivity index (χ3v) is 2.69. The highest BCUT2D eigenvalue weighted by Crippen LogP contribution is 2.18. The van der Waals surface area contributed by atoms with Crippen molar-refractivity contribution in [1.29, 1.82) is 0 Å². The first kappa shape index (κ1) is 13.1. The van der Waals surface area contributed by atoms with Gasteiger partial charge in [-0.1, -0.05) is 17.7 Å². The summed E-state index contributed by atoms with van der Waals surface area (Å²) in [5, 5.41) is 4.04. The second kappa shape index (κ2) is 5.53. The zero-order chi connectivity index (χ0) is 13.8. The van der Waals surface area contributed by atoms with Crippen molar-refractivity contribution in [3.63, 3.8) is 0 Å². The van der Waals surface area contributed by atoms with Crippen molar-refractivity contribution in [1.82, 2.24) is 15.2 Å². The number of nitrogen functional groups attached to an aromatic ring is 1. The molecule has 0 aliphatic heterocycles. The van der Waals surface area contributed by atoms with Crippen LogP contribution in [0.4, 0.5) is 0 Å².